The predicted octanol–water partition coefficient (Wildman–Crippen LogP) is 1.87. The fourth-order valence-electron chi connectivity index (χ4n) is 2.68. The van der Waals surface area contributed by atoms with E-state index in [0.717, 1.165) is 0 Å². The molecule has 0 heterocycles. The SMILES string of the molecule is CCN(CC)S(=O)(=O)c1cccc(NC(=O)CNc2ccccc2C(N)=O)c1. The molecule has 0 aliphatic carbocycles. The van der Waals surface area contributed by atoms with Crippen LogP contribution < -0.4 is 16.4 Å². The van der Waals surface area contributed by atoms with E-state index in [1.165, 1.54) is 16.4 Å². The number of carbonyl (C=O) groups is 2. The van der Waals surface area contributed by atoms with Crippen LogP contribution in [0.3, 0.4) is 0 Å². The van der Waals surface area contributed by atoms with Gasteiger partial charge in [0, 0.05) is 24.5 Å². The quantitative estimate of drug-likeness (QED) is 0.589. The topological polar surface area (TPSA) is 122 Å². The van der Waals surface area contributed by atoms with Gasteiger partial charge in [0.05, 0.1) is 17.0 Å². The van der Waals surface area contributed by atoms with Crippen molar-refractivity contribution in [1.29, 1.82) is 0 Å². The van der Waals surface area contributed by atoms with Crippen molar-refractivity contribution in [2.75, 3.05) is 30.3 Å². The Morgan fingerprint density at radius 2 is 1.71 bits per heavy atom. The van der Waals surface area contributed by atoms with Crippen molar-refractivity contribution in [3.05, 3.63) is 54.1 Å². The number of carbonyl (C=O) groups excluding carboxylic acids is 2. The maximum Gasteiger partial charge on any atom is 0.250 e. The molecule has 0 radical (unpaired) electrons. The van der Waals surface area contributed by atoms with Crippen molar-refractivity contribution in [3.63, 3.8) is 0 Å². The van der Waals surface area contributed by atoms with Crippen molar-refractivity contribution in [3.8, 4) is 0 Å². The van der Waals surface area contributed by atoms with Gasteiger partial charge in [-0.1, -0.05) is 32.0 Å². The third-order valence-electron chi connectivity index (χ3n) is 4.09. The second kappa shape index (κ2) is 9.34. The third kappa shape index (κ3) is 5.08. The van der Waals surface area contributed by atoms with Crippen molar-refractivity contribution < 1.29 is 18.0 Å². The lowest BCUT2D eigenvalue weighted by atomic mass is 10.1. The Morgan fingerprint density at radius 3 is 2.36 bits per heavy atom. The van der Waals surface area contributed by atoms with E-state index in [0.29, 0.717) is 24.5 Å². The van der Waals surface area contributed by atoms with Gasteiger partial charge in [-0.25, -0.2) is 8.42 Å². The van der Waals surface area contributed by atoms with E-state index in [9.17, 15) is 18.0 Å². The number of benzene rings is 2. The van der Waals surface area contributed by atoms with Gasteiger partial charge in [-0.15, -0.1) is 0 Å². The number of nitrogens with one attached hydrogen (secondary N) is 2. The highest BCUT2D eigenvalue weighted by molar-refractivity contribution is 7.89. The first-order chi connectivity index (χ1) is 13.3. The molecule has 2 aromatic carbocycles. The highest BCUT2D eigenvalue weighted by atomic mass is 32.2. The van der Waals surface area contributed by atoms with Crippen LogP contribution >= 0.6 is 0 Å². The van der Waals surface area contributed by atoms with Crippen LogP contribution in [0.15, 0.2) is 53.4 Å². The van der Waals surface area contributed by atoms with E-state index in [1.807, 2.05) is 0 Å². The number of nitrogens with two attached hydrogens (primary N) is 1. The zero-order valence-electron chi connectivity index (χ0n) is 15.8. The second-order valence-electron chi connectivity index (χ2n) is 5.93. The minimum atomic E-state index is -3.61. The number of hydrogen-bond donors (Lipinski definition) is 3. The molecule has 0 aliphatic heterocycles. The third-order valence-corrected chi connectivity index (χ3v) is 6.14. The summed E-state index contributed by atoms with van der Waals surface area (Å²) in [6.45, 7) is 4.14. The summed E-state index contributed by atoms with van der Waals surface area (Å²) < 4.78 is 26.5. The number of nitrogens with zero attached hydrogens (tertiary/aromatic N) is 1. The van der Waals surface area contributed by atoms with E-state index < -0.39 is 21.8 Å². The maximum absolute atomic E-state index is 12.6. The molecule has 150 valence electrons. The molecule has 2 rings (SSSR count). The molecule has 0 aromatic heterocycles. The first kappa shape index (κ1) is 21.4. The molecular weight excluding hydrogens is 380 g/mol. The van der Waals surface area contributed by atoms with Gasteiger partial charge in [-0.2, -0.15) is 4.31 Å². The number of anilines is 2. The maximum atomic E-state index is 12.6. The normalized spacial score (nSPS) is 11.2. The molecule has 0 saturated heterocycles. The Labute approximate surface area is 164 Å². The molecule has 0 spiro atoms. The fourth-order valence-corrected chi connectivity index (χ4v) is 4.18. The van der Waals surface area contributed by atoms with Crippen molar-refractivity contribution in [2.45, 2.75) is 18.7 Å². The molecule has 2 amide bonds. The van der Waals surface area contributed by atoms with Gasteiger partial charge in [0.15, 0.2) is 0 Å². The molecule has 8 nitrogen and oxygen atoms in total. The average molecular weight is 404 g/mol. The lowest BCUT2D eigenvalue weighted by molar-refractivity contribution is -0.114. The summed E-state index contributed by atoms with van der Waals surface area (Å²) in [6.07, 6.45) is 0. The summed E-state index contributed by atoms with van der Waals surface area (Å²) in [5, 5.41) is 5.50. The Balaban J connectivity index is 2.09. The summed E-state index contributed by atoms with van der Waals surface area (Å²) in [6, 6.07) is 12.7. The van der Waals surface area contributed by atoms with Gasteiger partial charge in [-0.3, -0.25) is 9.59 Å². The van der Waals surface area contributed by atoms with E-state index >= 15 is 0 Å². The lowest BCUT2D eigenvalue weighted by Crippen LogP contribution is -2.30. The van der Waals surface area contributed by atoms with E-state index in [-0.39, 0.29) is 17.0 Å². The van der Waals surface area contributed by atoms with Crippen LogP contribution in [-0.4, -0.2) is 44.2 Å². The zero-order valence-corrected chi connectivity index (χ0v) is 16.6. The van der Waals surface area contributed by atoms with E-state index in [2.05, 4.69) is 10.6 Å². The molecule has 4 N–H and O–H groups in total. The van der Waals surface area contributed by atoms with Crippen LogP contribution in [0.2, 0.25) is 0 Å². The minimum Gasteiger partial charge on any atom is -0.376 e. The van der Waals surface area contributed by atoms with Gasteiger partial charge < -0.3 is 16.4 Å². The summed E-state index contributed by atoms with van der Waals surface area (Å²) in [7, 11) is -3.61. The highest BCUT2D eigenvalue weighted by Gasteiger charge is 2.21. The summed E-state index contributed by atoms with van der Waals surface area (Å²) in [5.41, 5.74) is 6.40. The molecule has 9 heteroatoms. The first-order valence-electron chi connectivity index (χ1n) is 8.82. The van der Waals surface area contributed by atoms with Crippen LogP contribution in [-0.2, 0) is 14.8 Å². The van der Waals surface area contributed by atoms with Crippen molar-refractivity contribution >= 4 is 33.2 Å². The highest BCUT2D eigenvalue weighted by Crippen LogP contribution is 2.20. The summed E-state index contributed by atoms with van der Waals surface area (Å²) in [5.74, 6) is -0.991. The van der Waals surface area contributed by atoms with Crippen LogP contribution in [0, 0.1) is 0 Å². The molecule has 2 aromatic rings. The van der Waals surface area contributed by atoms with Crippen LogP contribution in [0.4, 0.5) is 11.4 Å². The Morgan fingerprint density at radius 1 is 1.04 bits per heavy atom. The molecule has 0 fully saturated rings. The molecule has 0 aliphatic rings. The fraction of sp³-hybridized carbons (Fsp3) is 0.263. The molecular formula is C19H24N4O4S. The standard InChI is InChI=1S/C19H24N4O4S/c1-3-23(4-2)28(26,27)15-9-7-8-14(12-15)22-18(24)13-21-17-11-6-5-10-16(17)19(20)25/h5-12,21H,3-4,13H2,1-2H3,(H2,20,25)(H,22,24). The van der Waals surface area contributed by atoms with Crippen LogP contribution in [0.1, 0.15) is 24.2 Å². The molecule has 0 saturated carbocycles. The number of sulfonamides is 1. The van der Waals surface area contributed by atoms with Crippen LogP contribution in [0.5, 0.6) is 0 Å². The second-order valence-corrected chi connectivity index (χ2v) is 7.87. The monoisotopic (exact) mass is 404 g/mol. The summed E-state index contributed by atoms with van der Waals surface area (Å²) >= 11 is 0. The molecule has 0 atom stereocenters. The molecule has 0 bridgehead atoms. The van der Waals surface area contributed by atoms with Gasteiger partial charge in [0.25, 0.3) is 5.91 Å². The van der Waals surface area contributed by atoms with E-state index in [4.69, 9.17) is 5.73 Å². The number of primary amides is 1. The average Bonchev–Trinajstić information content (AvgIpc) is 2.67. The van der Waals surface area contributed by atoms with Gasteiger partial charge in [0.1, 0.15) is 0 Å². The van der Waals surface area contributed by atoms with Crippen LogP contribution in [0.25, 0.3) is 0 Å². The number of amides is 2. The van der Waals surface area contributed by atoms with Gasteiger partial charge >= 0.3 is 0 Å². The predicted molar refractivity (Wildman–Crippen MR) is 109 cm³/mol. The zero-order chi connectivity index (χ0) is 20.7. The van der Waals surface area contributed by atoms with E-state index in [1.54, 1.807) is 50.2 Å². The first-order valence-corrected chi connectivity index (χ1v) is 10.3. The molecule has 0 unspecified atom stereocenters. The van der Waals surface area contributed by atoms with Crippen molar-refractivity contribution in [2.24, 2.45) is 5.73 Å². The number of para-hydroxylation sites is 1. The number of hydrogen-bond acceptors (Lipinski definition) is 5. The Hall–Kier alpha value is -2.91. The minimum absolute atomic E-state index is 0.112. The number of rotatable bonds is 9. The summed E-state index contributed by atoms with van der Waals surface area (Å²) in [4.78, 5) is 23.8. The van der Waals surface area contributed by atoms with Gasteiger partial charge in [-0.05, 0) is 30.3 Å². The van der Waals surface area contributed by atoms with Gasteiger partial charge in [0.2, 0.25) is 15.9 Å². The molecule has 28 heavy (non-hydrogen) atoms. The smallest absolute Gasteiger partial charge is 0.250 e. The largest absolute Gasteiger partial charge is 0.376 e. The lowest BCUT2D eigenvalue weighted by Gasteiger charge is -2.19. The Kier molecular flexibility index (Phi) is 7.13. The Bertz CT molecular complexity index is 956. The van der Waals surface area contributed by atoms with Crippen molar-refractivity contribution in [1.82, 2.24) is 4.31 Å².